The fraction of sp³-hybridized carbons (Fsp3) is 0.846. The molecule has 86 valence electrons. The lowest BCUT2D eigenvalue weighted by atomic mass is 9.79. The molecule has 1 aliphatic carbocycles. The summed E-state index contributed by atoms with van der Waals surface area (Å²) in [7, 11) is 0. The molecule has 2 nitrogen and oxygen atoms in total. The van der Waals surface area contributed by atoms with E-state index < -0.39 is 0 Å². The number of aliphatic hydroxyl groups excluding tert-OH is 1. The van der Waals surface area contributed by atoms with Gasteiger partial charge in [0.2, 0.25) is 0 Å². The van der Waals surface area contributed by atoms with Gasteiger partial charge in [-0.3, -0.25) is 0 Å². The summed E-state index contributed by atoms with van der Waals surface area (Å²) in [5, 5.41) is 10.2. The van der Waals surface area contributed by atoms with Gasteiger partial charge >= 0.3 is 0 Å². The lowest BCUT2D eigenvalue weighted by Gasteiger charge is -2.31. The van der Waals surface area contributed by atoms with Crippen LogP contribution in [-0.4, -0.2) is 17.8 Å². The number of rotatable bonds is 2. The van der Waals surface area contributed by atoms with Crippen molar-refractivity contribution in [1.82, 2.24) is 0 Å². The Labute approximate surface area is 92.3 Å². The van der Waals surface area contributed by atoms with Crippen molar-refractivity contribution in [3.8, 4) is 0 Å². The molecular formula is C13H22O2. The normalized spacial score (nSPS) is 34.1. The highest BCUT2D eigenvalue weighted by Crippen LogP contribution is 2.33. The first kappa shape index (κ1) is 11.0. The minimum Gasteiger partial charge on any atom is -0.495 e. The summed E-state index contributed by atoms with van der Waals surface area (Å²) in [6, 6.07) is 0. The fourth-order valence-corrected chi connectivity index (χ4v) is 2.62. The van der Waals surface area contributed by atoms with Gasteiger partial charge in [-0.1, -0.05) is 19.8 Å². The van der Waals surface area contributed by atoms with E-state index in [4.69, 9.17) is 4.74 Å². The second-order valence-corrected chi connectivity index (χ2v) is 5.06. The van der Waals surface area contributed by atoms with E-state index in [1.54, 1.807) is 0 Å². The number of allylic oxidation sites excluding steroid dienone is 1. The van der Waals surface area contributed by atoms with E-state index in [1.165, 1.54) is 12.8 Å². The third kappa shape index (κ3) is 2.75. The predicted molar refractivity (Wildman–Crippen MR) is 60.4 cm³/mol. The van der Waals surface area contributed by atoms with Crippen molar-refractivity contribution in [2.24, 2.45) is 11.8 Å². The van der Waals surface area contributed by atoms with Crippen LogP contribution in [0.25, 0.3) is 0 Å². The quantitative estimate of drug-likeness (QED) is 0.759. The highest BCUT2D eigenvalue weighted by Gasteiger charge is 2.28. The number of hydrogen-bond donors (Lipinski definition) is 1. The molecule has 0 spiro atoms. The smallest absolute Gasteiger partial charge is 0.121 e. The van der Waals surface area contributed by atoms with E-state index in [0.29, 0.717) is 5.92 Å². The van der Waals surface area contributed by atoms with Crippen LogP contribution in [0.3, 0.4) is 0 Å². The minimum absolute atomic E-state index is 0.335. The summed E-state index contributed by atoms with van der Waals surface area (Å²) in [5.74, 6) is 2.13. The molecule has 1 saturated carbocycles. The Bertz CT molecular complexity index is 227. The zero-order chi connectivity index (χ0) is 10.7. The molecule has 0 aromatic carbocycles. The molecule has 0 amide bonds. The zero-order valence-corrected chi connectivity index (χ0v) is 9.61. The van der Waals surface area contributed by atoms with E-state index >= 15 is 0 Å². The Kier molecular flexibility index (Phi) is 3.68. The van der Waals surface area contributed by atoms with Gasteiger partial charge in [0, 0.05) is 0 Å². The van der Waals surface area contributed by atoms with E-state index in [0.717, 1.165) is 44.0 Å². The largest absolute Gasteiger partial charge is 0.495 e. The third-order valence-electron chi connectivity index (χ3n) is 3.76. The van der Waals surface area contributed by atoms with Gasteiger partial charge in [0.15, 0.2) is 0 Å². The highest BCUT2D eigenvalue weighted by molar-refractivity contribution is 5.04. The molecule has 0 aromatic heterocycles. The molecule has 0 aromatic rings. The predicted octanol–water partition coefficient (Wildman–Crippen LogP) is 2.87. The molecule has 1 heterocycles. The summed E-state index contributed by atoms with van der Waals surface area (Å²) in [6.07, 6.45) is 8.73. The van der Waals surface area contributed by atoms with Crippen LogP contribution in [0.1, 0.15) is 45.4 Å². The van der Waals surface area contributed by atoms with Gasteiger partial charge < -0.3 is 9.84 Å². The summed E-state index contributed by atoms with van der Waals surface area (Å²) in [5.41, 5.74) is 0. The molecule has 2 aliphatic rings. The maximum absolute atomic E-state index is 10.2. The van der Waals surface area contributed by atoms with E-state index in [9.17, 15) is 5.11 Å². The first-order valence-corrected chi connectivity index (χ1v) is 6.28. The molecule has 0 saturated heterocycles. The molecular weight excluding hydrogens is 188 g/mol. The Morgan fingerprint density at radius 1 is 1.33 bits per heavy atom. The van der Waals surface area contributed by atoms with Gasteiger partial charge in [0.05, 0.1) is 6.61 Å². The van der Waals surface area contributed by atoms with Gasteiger partial charge in [0.1, 0.15) is 11.9 Å². The van der Waals surface area contributed by atoms with Gasteiger partial charge in [-0.15, -0.1) is 0 Å². The Hall–Kier alpha value is -0.500. The first-order chi connectivity index (χ1) is 7.27. The van der Waals surface area contributed by atoms with Gasteiger partial charge in [-0.05, 0) is 43.6 Å². The average Bonchev–Trinajstić information content (AvgIpc) is 2.30. The number of aliphatic hydroxyl groups is 1. The molecule has 15 heavy (non-hydrogen) atoms. The van der Waals surface area contributed by atoms with Crippen molar-refractivity contribution >= 4 is 0 Å². The van der Waals surface area contributed by atoms with Crippen molar-refractivity contribution in [1.29, 1.82) is 0 Å². The van der Waals surface area contributed by atoms with E-state index in [-0.39, 0.29) is 6.10 Å². The standard InChI is InChI=1S/C13H22O2/c1-10-5-7-11(8-6-10)13(14)12-4-2-3-9-15-12/h4,10-11,13-14H,2-3,5-9H2,1H3. The summed E-state index contributed by atoms with van der Waals surface area (Å²) in [6.45, 7) is 3.09. The van der Waals surface area contributed by atoms with Crippen molar-refractivity contribution < 1.29 is 9.84 Å². The molecule has 1 atom stereocenters. The Morgan fingerprint density at radius 3 is 2.67 bits per heavy atom. The van der Waals surface area contributed by atoms with Crippen LogP contribution in [-0.2, 0) is 4.74 Å². The molecule has 0 radical (unpaired) electrons. The lowest BCUT2D eigenvalue weighted by molar-refractivity contribution is 0.0375. The number of hydrogen-bond acceptors (Lipinski definition) is 2. The lowest BCUT2D eigenvalue weighted by Crippen LogP contribution is -2.28. The van der Waals surface area contributed by atoms with Gasteiger partial charge in [-0.25, -0.2) is 0 Å². The third-order valence-corrected chi connectivity index (χ3v) is 3.76. The van der Waals surface area contributed by atoms with Crippen LogP contribution >= 0.6 is 0 Å². The van der Waals surface area contributed by atoms with E-state index in [2.05, 4.69) is 13.0 Å². The maximum atomic E-state index is 10.2. The van der Waals surface area contributed by atoms with Gasteiger partial charge in [-0.2, -0.15) is 0 Å². The topological polar surface area (TPSA) is 29.5 Å². The number of ether oxygens (including phenoxy) is 1. The maximum Gasteiger partial charge on any atom is 0.121 e. The van der Waals surface area contributed by atoms with Crippen LogP contribution < -0.4 is 0 Å². The molecule has 1 N–H and O–H groups in total. The summed E-state index contributed by atoms with van der Waals surface area (Å²) < 4.78 is 5.53. The van der Waals surface area contributed by atoms with Crippen LogP contribution in [0.15, 0.2) is 11.8 Å². The van der Waals surface area contributed by atoms with Crippen molar-refractivity contribution in [2.45, 2.75) is 51.6 Å². The average molecular weight is 210 g/mol. The summed E-state index contributed by atoms with van der Waals surface area (Å²) in [4.78, 5) is 0. The Balaban J connectivity index is 1.89. The highest BCUT2D eigenvalue weighted by atomic mass is 16.5. The molecule has 2 heteroatoms. The minimum atomic E-state index is -0.335. The van der Waals surface area contributed by atoms with Crippen LogP contribution in [0, 0.1) is 11.8 Å². The monoisotopic (exact) mass is 210 g/mol. The van der Waals surface area contributed by atoms with Crippen LogP contribution in [0.4, 0.5) is 0 Å². The molecule has 1 fully saturated rings. The second-order valence-electron chi connectivity index (χ2n) is 5.06. The van der Waals surface area contributed by atoms with Gasteiger partial charge in [0.25, 0.3) is 0 Å². The zero-order valence-electron chi connectivity index (χ0n) is 9.61. The van der Waals surface area contributed by atoms with Crippen molar-refractivity contribution in [3.63, 3.8) is 0 Å². The molecule has 1 unspecified atom stereocenters. The Morgan fingerprint density at radius 2 is 2.07 bits per heavy atom. The molecule has 2 rings (SSSR count). The first-order valence-electron chi connectivity index (χ1n) is 6.28. The fourth-order valence-electron chi connectivity index (χ4n) is 2.62. The van der Waals surface area contributed by atoms with Crippen molar-refractivity contribution in [3.05, 3.63) is 11.8 Å². The molecule has 1 aliphatic heterocycles. The molecule has 0 bridgehead atoms. The summed E-state index contributed by atoms with van der Waals surface area (Å²) >= 11 is 0. The SMILES string of the molecule is CC1CCC(C(O)C2=CCCCO2)CC1. The second kappa shape index (κ2) is 5.02. The van der Waals surface area contributed by atoms with Crippen LogP contribution in [0.5, 0.6) is 0 Å². The van der Waals surface area contributed by atoms with Crippen LogP contribution in [0.2, 0.25) is 0 Å². The van der Waals surface area contributed by atoms with E-state index in [1.807, 2.05) is 0 Å². The van der Waals surface area contributed by atoms with Crippen molar-refractivity contribution in [2.75, 3.05) is 6.61 Å².